The Balaban J connectivity index is 0.766. The fourth-order valence-corrected chi connectivity index (χ4v) is 9.89. The average Bonchev–Trinajstić information content (AvgIpc) is 2.90. The fraction of sp³-hybridized carbons (Fsp3) is 0.697. The third kappa shape index (κ3) is 4.11. The maximum absolute atomic E-state index is 10.3. The van der Waals surface area contributed by atoms with Crippen LogP contribution in [0.15, 0.2) is 30.3 Å². The Bertz CT molecular complexity index is 1300. The van der Waals surface area contributed by atoms with Crippen molar-refractivity contribution in [2.75, 3.05) is 62.6 Å². The highest BCUT2D eigenvalue weighted by Crippen LogP contribution is 2.57. The van der Waals surface area contributed by atoms with Crippen molar-refractivity contribution in [3.63, 3.8) is 0 Å². The predicted molar refractivity (Wildman–Crippen MR) is 161 cm³/mol. The summed E-state index contributed by atoms with van der Waals surface area (Å²) in [7, 11) is 0. The van der Waals surface area contributed by atoms with Crippen LogP contribution >= 0.6 is 0 Å². The Kier molecular flexibility index (Phi) is 5.69. The minimum atomic E-state index is 0.251. The zero-order valence-corrected chi connectivity index (χ0v) is 24.3. The maximum atomic E-state index is 10.3. The third-order valence-corrected chi connectivity index (χ3v) is 12.5. The zero-order chi connectivity index (χ0) is 27.2. The van der Waals surface area contributed by atoms with Gasteiger partial charge >= 0.3 is 0 Å². The van der Waals surface area contributed by atoms with Gasteiger partial charge in [0, 0.05) is 63.0 Å². The topological polar surface area (TPSA) is 71.0 Å². The summed E-state index contributed by atoms with van der Waals surface area (Å²) < 4.78 is 0. The largest absolute Gasteiger partial charge is 0.507 e. The molecule has 8 nitrogen and oxygen atoms in total. The Morgan fingerprint density at radius 3 is 2.29 bits per heavy atom. The van der Waals surface area contributed by atoms with Gasteiger partial charge in [-0.2, -0.15) is 0 Å². The van der Waals surface area contributed by atoms with Crippen molar-refractivity contribution < 1.29 is 5.11 Å². The lowest BCUT2D eigenvalue weighted by Crippen LogP contribution is -2.71. The van der Waals surface area contributed by atoms with Crippen LogP contribution in [0.1, 0.15) is 57.8 Å². The summed E-state index contributed by atoms with van der Waals surface area (Å²) in [6, 6.07) is 12.5. The SMILES string of the molecule is Oc1ccccc1-c1cc2c(nn1)NC[C@H]1CN(C3CC4(C3)CN(C3CCN(C5CC6(CCC6)C5)CC3)C4)CCN21. The molecule has 2 aromatic rings. The van der Waals surface area contributed by atoms with Gasteiger partial charge in [-0.1, -0.05) is 18.6 Å². The van der Waals surface area contributed by atoms with Crippen LogP contribution in [-0.2, 0) is 0 Å². The van der Waals surface area contributed by atoms with E-state index in [1.165, 1.54) is 84.0 Å². The van der Waals surface area contributed by atoms with Crippen molar-refractivity contribution in [3.8, 4) is 17.0 Å². The van der Waals surface area contributed by atoms with Crippen molar-refractivity contribution in [2.45, 2.75) is 82.0 Å². The molecule has 218 valence electrons. The number of piperazine rings is 1. The highest BCUT2D eigenvalue weighted by molar-refractivity contribution is 5.76. The molecule has 0 bridgehead atoms. The number of para-hydroxylation sites is 1. The van der Waals surface area contributed by atoms with Gasteiger partial charge in [-0.3, -0.25) is 9.80 Å². The van der Waals surface area contributed by atoms with Gasteiger partial charge < -0.3 is 20.2 Å². The molecule has 9 rings (SSSR count). The summed E-state index contributed by atoms with van der Waals surface area (Å²) in [6.45, 7) is 9.59. The Morgan fingerprint density at radius 2 is 1.54 bits per heavy atom. The van der Waals surface area contributed by atoms with E-state index in [-0.39, 0.29) is 5.75 Å². The summed E-state index contributed by atoms with van der Waals surface area (Å²) in [4.78, 5) is 11.0. The molecular formula is C33H45N7O. The number of nitrogens with one attached hydrogen (secondary N) is 1. The smallest absolute Gasteiger partial charge is 0.172 e. The van der Waals surface area contributed by atoms with Crippen molar-refractivity contribution in [1.82, 2.24) is 24.9 Å². The number of anilines is 2. The Morgan fingerprint density at radius 1 is 0.780 bits per heavy atom. The fourth-order valence-electron chi connectivity index (χ4n) is 9.89. The first-order valence-corrected chi connectivity index (χ1v) is 16.4. The highest BCUT2D eigenvalue weighted by Gasteiger charge is 2.56. The van der Waals surface area contributed by atoms with Crippen LogP contribution in [0.25, 0.3) is 11.3 Å². The molecule has 5 heterocycles. The lowest BCUT2D eigenvalue weighted by atomic mass is 9.53. The van der Waals surface area contributed by atoms with Crippen molar-refractivity contribution in [3.05, 3.63) is 30.3 Å². The second-order valence-electron chi connectivity index (χ2n) is 14.9. The number of aromatic hydroxyl groups is 1. The first kappa shape index (κ1) is 25.1. The number of likely N-dealkylation sites (tertiary alicyclic amines) is 2. The standard InChI is InChI=1S/C33H45N7O/c41-30-5-2-1-4-27(30)28-14-29-31(36-35-28)34-19-26-20-38(12-13-40(26)29)25-17-33(18-25)21-39(22-33)23-6-10-37(11-7-23)24-15-32(16-24)8-3-9-32/h1-2,4-5,14,23-26,41H,3,6-13,15-22H2,(H,34,36)/t26-/m0/s1. The van der Waals surface area contributed by atoms with Crippen molar-refractivity contribution in [1.29, 1.82) is 0 Å². The molecule has 1 aromatic carbocycles. The van der Waals surface area contributed by atoms with Crippen molar-refractivity contribution >= 4 is 11.5 Å². The quantitative estimate of drug-likeness (QED) is 0.586. The average molecular weight is 556 g/mol. The lowest BCUT2D eigenvalue weighted by molar-refractivity contribution is -0.137. The number of fused-ring (bicyclic) bond motifs is 3. The molecule has 1 aromatic heterocycles. The summed E-state index contributed by atoms with van der Waals surface area (Å²) >= 11 is 0. The number of hydrogen-bond acceptors (Lipinski definition) is 8. The highest BCUT2D eigenvalue weighted by atomic mass is 16.3. The van der Waals surface area contributed by atoms with Gasteiger partial charge in [-0.05, 0) is 93.5 Å². The van der Waals surface area contributed by atoms with E-state index in [4.69, 9.17) is 0 Å². The van der Waals surface area contributed by atoms with E-state index in [0.717, 1.165) is 72.5 Å². The van der Waals surface area contributed by atoms with E-state index in [9.17, 15) is 5.11 Å². The van der Waals surface area contributed by atoms with Crippen LogP contribution in [0, 0.1) is 10.8 Å². The first-order chi connectivity index (χ1) is 20.1. The van der Waals surface area contributed by atoms with Crippen LogP contribution in [-0.4, -0.2) is 107 Å². The molecule has 7 aliphatic rings. The van der Waals surface area contributed by atoms with E-state index in [0.29, 0.717) is 11.5 Å². The van der Waals surface area contributed by atoms with E-state index in [1.54, 1.807) is 6.07 Å². The number of rotatable bonds is 4. The van der Waals surface area contributed by atoms with E-state index < -0.39 is 0 Å². The summed E-state index contributed by atoms with van der Waals surface area (Å²) in [5.41, 5.74) is 4.02. The lowest BCUT2D eigenvalue weighted by Gasteiger charge is -2.64. The van der Waals surface area contributed by atoms with Gasteiger partial charge in [0.1, 0.15) is 5.75 Å². The molecule has 41 heavy (non-hydrogen) atoms. The van der Waals surface area contributed by atoms with E-state index in [1.807, 2.05) is 18.2 Å². The summed E-state index contributed by atoms with van der Waals surface area (Å²) in [5.74, 6) is 1.12. The molecule has 6 fully saturated rings. The Labute approximate surface area is 244 Å². The summed E-state index contributed by atoms with van der Waals surface area (Å²) in [6.07, 6.45) is 13.2. The zero-order valence-electron chi connectivity index (χ0n) is 24.3. The molecule has 2 spiro atoms. The van der Waals surface area contributed by atoms with Gasteiger partial charge in [0.15, 0.2) is 5.82 Å². The number of nitrogens with zero attached hydrogens (tertiary/aromatic N) is 6. The molecule has 2 N–H and O–H groups in total. The molecule has 4 aliphatic heterocycles. The minimum absolute atomic E-state index is 0.251. The molecule has 3 aliphatic carbocycles. The van der Waals surface area contributed by atoms with Gasteiger partial charge in [-0.15, -0.1) is 10.2 Å². The van der Waals surface area contributed by atoms with Gasteiger partial charge in [0.05, 0.1) is 17.4 Å². The van der Waals surface area contributed by atoms with Crippen LogP contribution in [0.5, 0.6) is 5.75 Å². The molecule has 1 atom stereocenters. The van der Waals surface area contributed by atoms with Gasteiger partial charge in [-0.25, -0.2) is 0 Å². The van der Waals surface area contributed by atoms with Crippen molar-refractivity contribution in [2.24, 2.45) is 10.8 Å². The van der Waals surface area contributed by atoms with Crippen LogP contribution < -0.4 is 10.2 Å². The number of benzene rings is 1. The molecule has 0 amide bonds. The van der Waals surface area contributed by atoms with E-state index >= 15 is 0 Å². The molecule has 0 unspecified atom stereocenters. The number of phenolic OH excluding ortho intramolecular Hbond substituents is 1. The number of piperidine rings is 1. The maximum Gasteiger partial charge on any atom is 0.172 e. The molecular weight excluding hydrogens is 510 g/mol. The second-order valence-corrected chi connectivity index (χ2v) is 14.9. The normalized spacial score (nSPS) is 31.4. The molecule has 8 heteroatoms. The molecule has 3 saturated heterocycles. The second kappa shape index (κ2) is 9.29. The number of hydrogen-bond donors (Lipinski definition) is 2. The number of phenols is 1. The van der Waals surface area contributed by atoms with Crippen LogP contribution in [0.4, 0.5) is 11.5 Å². The van der Waals surface area contributed by atoms with Crippen LogP contribution in [0.2, 0.25) is 0 Å². The molecule has 0 radical (unpaired) electrons. The molecule has 3 saturated carbocycles. The van der Waals surface area contributed by atoms with Crippen LogP contribution in [0.3, 0.4) is 0 Å². The minimum Gasteiger partial charge on any atom is -0.507 e. The van der Waals surface area contributed by atoms with Gasteiger partial charge in [0.2, 0.25) is 0 Å². The van der Waals surface area contributed by atoms with Gasteiger partial charge in [0.25, 0.3) is 0 Å². The third-order valence-electron chi connectivity index (χ3n) is 12.5. The Hall–Kier alpha value is -2.42. The summed E-state index contributed by atoms with van der Waals surface area (Å²) in [5, 5.41) is 22.8. The van der Waals surface area contributed by atoms with E-state index in [2.05, 4.69) is 41.2 Å². The predicted octanol–water partition coefficient (Wildman–Crippen LogP) is 4.03. The monoisotopic (exact) mass is 555 g/mol. The number of aromatic nitrogens is 2. The first-order valence-electron chi connectivity index (χ1n) is 16.4.